The smallest absolute Gasteiger partial charge is 0.230 e. The highest BCUT2D eigenvalue weighted by molar-refractivity contribution is 7.99. The fourth-order valence-corrected chi connectivity index (χ4v) is 4.02. The molecule has 1 saturated heterocycles. The van der Waals surface area contributed by atoms with E-state index in [1.807, 2.05) is 0 Å². The highest BCUT2D eigenvalue weighted by Gasteiger charge is 2.16. The molecule has 0 spiro atoms. The molecule has 128 valence electrons. The molecule has 1 aliphatic heterocycles. The first-order valence-electron chi connectivity index (χ1n) is 8.63. The normalized spacial score (nSPS) is 16.5. The van der Waals surface area contributed by atoms with E-state index in [0.29, 0.717) is 5.75 Å². The Morgan fingerprint density at radius 3 is 2.52 bits per heavy atom. The number of carbonyl (C=O) groups excluding carboxylic acids is 1. The van der Waals surface area contributed by atoms with Gasteiger partial charge in [-0.25, -0.2) is 0 Å². The highest BCUT2D eigenvalue weighted by atomic mass is 32.2. The van der Waals surface area contributed by atoms with Gasteiger partial charge < -0.3 is 10.2 Å². The zero-order valence-electron chi connectivity index (χ0n) is 14.7. The van der Waals surface area contributed by atoms with Crippen molar-refractivity contribution in [3.8, 4) is 0 Å². The summed E-state index contributed by atoms with van der Waals surface area (Å²) in [6.45, 7) is 7.47. The van der Waals surface area contributed by atoms with Gasteiger partial charge in [0, 0.05) is 12.3 Å². The first kappa shape index (κ1) is 18.3. The average molecular weight is 335 g/mol. The van der Waals surface area contributed by atoms with E-state index in [4.69, 9.17) is 0 Å². The third-order valence-electron chi connectivity index (χ3n) is 4.50. The lowest BCUT2D eigenvalue weighted by molar-refractivity contribution is -0.118. The fraction of sp³-hybridized carbons (Fsp3) is 0.632. The molecular weight excluding hydrogens is 304 g/mol. The van der Waals surface area contributed by atoms with Crippen LogP contribution in [0.3, 0.4) is 0 Å². The van der Waals surface area contributed by atoms with Crippen molar-refractivity contribution < 1.29 is 4.79 Å². The van der Waals surface area contributed by atoms with E-state index in [-0.39, 0.29) is 5.91 Å². The molecule has 0 unspecified atom stereocenters. The third kappa shape index (κ3) is 6.96. The van der Waals surface area contributed by atoms with Crippen LogP contribution in [0.25, 0.3) is 0 Å². The molecule has 2 rings (SSSR count). The Bertz CT molecular complexity index is 490. The van der Waals surface area contributed by atoms with Crippen molar-refractivity contribution in [1.82, 2.24) is 10.2 Å². The largest absolute Gasteiger partial charge is 0.355 e. The molecule has 1 N–H and O–H groups in total. The summed E-state index contributed by atoms with van der Waals surface area (Å²) < 4.78 is 0. The summed E-state index contributed by atoms with van der Waals surface area (Å²) in [5.41, 5.74) is 3.90. The number of rotatable bonds is 7. The number of likely N-dealkylation sites (tertiary alicyclic amines) is 1. The van der Waals surface area contributed by atoms with Gasteiger partial charge in [-0.3, -0.25) is 4.79 Å². The summed E-state index contributed by atoms with van der Waals surface area (Å²) in [5, 5.41) is 3.08. The van der Waals surface area contributed by atoms with Crippen LogP contribution < -0.4 is 5.32 Å². The molecule has 1 aliphatic rings. The van der Waals surface area contributed by atoms with Crippen LogP contribution in [-0.4, -0.2) is 43.2 Å². The molecular formula is C19H30N2OS. The van der Waals surface area contributed by atoms with Crippen LogP contribution in [-0.2, 0) is 10.5 Å². The van der Waals surface area contributed by atoms with Crippen molar-refractivity contribution in [2.24, 2.45) is 5.92 Å². The molecule has 4 heteroatoms. The molecule has 1 amide bonds. The minimum absolute atomic E-state index is 0.173. The second kappa shape index (κ2) is 9.33. The Kier molecular flexibility index (Phi) is 7.44. The number of piperidine rings is 1. The number of nitrogens with one attached hydrogen (secondary N) is 1. The summed E-state index contributed by atoms with van der Waals surface area (Å²) in [7, 11) is 2.19. The minimum atomic E-state index is 0.173. The summed E-state index contributed by atoms with van der Waals surface area (Å²) >= 11 is 1.70. The lowest BCUT2D eigenvalue weighted by atomic mass is 9.94. The zero-order chi connectivity index (χ0) is 16.7. The Morgan fingerprint density at radius 1 is 1.22 bits per heavy atom. The van der Waals surface area contributed by atoms with E-state index >= 15 is 0 Å². The van der Waals surface area contributed by atoms with E-state index in [1.165, 1.54) is 42.6 Å². The van der Waals surface area contributed by atoms with Gasteiger partial charge in [0.2, 0.25) is 5.91 Å². The number of hydrogen-bond donors (Lipinski definition) is 1. The van der Waals surface area contributed by atoms with Crippen LogP contribution >= 0.6 is 11.8 Å². The Labute approximate surface area is 145 Å². The second-order valence-corrected chi connectivity index (χ2v) is 7.86. The lowest BCUT2D eigenvalue weighted by Gasteiger charge is -2.28. The maximum Gasteiger partial charge on any atom is 0.230 e. The number of benzene rings is 1. The number of nitrogens with zero attached hydrogens (tertiary/aromatic N) is 1. The topological polar surface area (TPSA) is 32.3 Å². The van der Waals surface area contributed by atoms with Gasteiger partial charge in [0.25, 0.3) is 0 Å². The first-order valence-corrected chi connectivity index (χ1v) is 9.78. The van der Waals surface area contributed by atoms with Crippen LogP contribution in [0.15, 0.2) is 18.2 Å². The summed E-state index contributed by atoms with van der Waals surface area (Å²) in [5.74, 6) is 2.42. The minimum Gasteiger partial charge on any atom is -0.355 e. The molecule has 1 fully saturated rings. The molecule has 1 heterocycles. The first-order chi connectivity index (χ1) is 11.0. The van der Waals surface area contributed by atoms with Crippen molar-refractivity contribution in [2.45, 2.75) is 38.9 Å². The molecule has 0 atom stereocenters. The molecule has 0 bridgehead atoms. The van der Waals surface area contributed by atoms with Gasteiger partial charge in [-0.2, -0.15) is 0 Å². The van der Waals surface area contributed by atoms with Gasteiger partial charge in [-0.05, 0) is 64.7 Å². The standard InChI is InChI=1S/C19H30N2OS/c1-15-10-16(2)12-18(11-15)13-23-14-19(22)20-7-4-17-5-8-21(3)9-6-17/h10-12,17H,4-9,13-14H2,1-3H3,(H,20,22). The second-order valence-electron chi connectivity index (χ2n) is 6.87. The molecule has 0 aliphatic carbocycles. The van der Waals surface area contributed by atoms with Crippen LogP contribution in [0.1, 0.15) is 36.0 Å². The fourth-order valence-electron chi connectivity index (χ4n) is 3.23. The van der Waals surface area contributed by atoms with Crippen molar-refractivity contribution in [3.05, 3.63) is 34.9 Å². The maximum atomic E-state index is 11.9. The highest BCUT2D eigenvalue weighted by Crippen LogP contribution is 2.19. The van der Waals surface area contributed by atoms with Crippen LogP contribution in [0, 0.1) is 19.8 Å². The van der Waals surface area contributed by atoms with Gasteiger partial charge in [-0.1, -0.05) is 29.3 Å². The van der Waals surface area contributed by atoms with Crippen molar-refractivity contribution in [3.63, 3.8) is 0 Å². The van der Waals surface area contributed by atoms with Crippen LogP contribution in [0.2, 0.25) is 0 Å². The quantitative estimate of drug-likeness (QED) is 0.829. The third-order valence-corrected chi connectivity index (χ3v) is 5.50. The predicted molar refractivity (Wildman–Crippen MR) is 99.9 cm³/mol. The number of amides is 1. The Morgan fingerprint density at radius 2 is 1.87 bits per heavy atom. The number of carbonyl (C=O) groups is 1. The van der Waals surface area contributed by atoms with E-state index < -0.39 is 0 Å². The molecule has 1 aromatic carbocycles. The predicted octanol–water partition coefficient (Wildman–Crippen LogP) is 3.38. The van der Waals surface area contributed by atoms with Crippen LogP contribution in [0.5, 0.6) is 0 Å². The molecule has 23 heavy (non-hydrogen) atoms. The van der Waals surface area contributed by atoms with Gasteiger partial charge in [0.05, 0.1) is 5.75 Å². The SMILES string of the molecule is Cc1cc(C)cc(CSCC(=O)NCCC2CCN(C)CC2)c1. The lowest BCUT2D eigenvalue weighted by Crippen LogP contribution is -2.33. The summed E-state index contributed by atoms with van der Waals surface area (Å²) in [6.07, 6.45) is 3.67. The average Bonchev–Trinajstić information content (AvgIpc) is 2.48. The summed E-state index contributed by atoms with van der Waals surface area (Å²) in [4.78, 5) is 14.3. The van der Waals surface area contributed by atoms with Gasteiger partial charge in [0.15, 0.2) is 0 Å². The molecule has 3 nitrogen and oxygen atoms in total. The van der Waals surface area contributed by atoms with Gasteiger partial charge in [-0.15, -0.1) is 11.8 Å². The van der Waals surface area contributed by atoms with Gasteiger partial charge in [0.1, 0.15) is 0 Å². The maximum absolute atomic E-state index is 11.9. The van der Waals surface area contributed by atoms with E-state index in [0.717, 1.165) is 24.6 Å². The summed E-state index contributed by atoms with van der Waals surface area (Å²) in [6, 6.07) is 6.60. The Balaban J connectivity index is 1.58. The van der Waals surface area contributed by atoms with Crippen molar-refractivity contribution >= 4 is 17.7 Å². The Hall–Kier alpha value is -1.00. The van der Waals surface area contributed by atoms with E-state index in [1.54, 1.807) is 11.8 Å². The van der Waals surface area contributed by atoms with Crippen LogP contribution in [0.4, 0.5) is 0 Å². The zero-order valence-corrected chi connectivity index (χ0v) is 15.5. The monoisotopic (exact) mass is 334 g/mol. The molecule has 0 aromatic heterocycles. The van der Waals surface area contributed by atoms with Crippen molar-refractivity contribution in [2.75, 3.05) is 32.4 Å². The molecule has 0 radical (unpaired) electrons. The van der Waals surface area contributed by atoms with Crippen molar-refractivity contribution in [1.29, 1.82) is 0 Å². The van der Waals surface area contributed by atoms with E-state index in [9.17, 15) is 4.79 Å². The van der Waals surface area contributed by atoms with Gasteiger partial charge >= 0.3 is 0 Å². The number of thioether (sulfide) groups is 1. The molecule has 1 aromatic rings. The van der Waals surface area contributed by atoms with E-state index in [2.05, 4.69) is 49.3 Å². The number of aryl methyl sites for hydroxylation is 2. The number of hydrogen-bond acceptors (Lipinski definition) is 3. The molecule has 0 saturated carbocycles.